The fraction of sp³-hybridized carbons (Fsp3) is 0.611. The summed E-state index contributed by atoms with van der Waals surface area (Å²) in [6.07, 6.45) is 6.43. The molecule has 21 heavy (non-hydrogen) atoms. The van der Waals surface area contributed by atoms with Crippen molar-refractivity contribution in [1.29, 1.82) is 0 Å². The van der Waals surface area contributed by atoms with Gasteiger partial charge >= 0.3 is 0 Å². The first-order valence-electron chi connectivity index (χ1n) is 8.01. The molecule has 0 bridgehead atoms. The molecule has 0 radical (unpaired) electrons. The molecule has 0 aromatic heterocycles. The standard InChI is InChI=1S/C18H26O3/c1-3-4-5-6-10-13-16(19)18(14-17(18,2)20)21-15-11-8-7-9-12-15/h7-9,11-12,20H,3-6,10,13-14H2,1-2H3. The Morgan fingerprint density at radius 2 is 1.81 bits per heavy atom. The van der Waals surface area contributed by atoms with Gasteiger partial charge in [0.1, 0.15) is 11.4 Å². The molecule has 2 atom stereocenters. The molecular formula is C18H26O3. The predicted molar refractivity (Wildman–Crippen MR) is 83.4 cm³/mol. The summed E-state index contributed by atoms with van der Waals surface area (Å²) < 4.78 is 5.87. The number of benzene rings is 1. The Hall–Kier alpha value is -1.35. The number of carbonyl (C=O) groups excluding carboxylic acids is 1. The van der Waals surface area contributed by atoms with Crippen LogP contribution in [0.1, 0.15) is 58.8 Å². The number of hydrogen-bond donors (Lipinski definition) is 1. The van der Waals surface area contributed by atoms with Crippen molar-refractivity contribution in [3.8, 4) is 5.75 Å². The van der Waals surface area contributed by atoms with Gasteiger partial charge in [0.2, 0.25) is 0 Å². The normalized spacial score (nSPS) is 27.4. The highest BCUT2D eigenvalue weighted by molar-refractivity contribution is 5.93. The van der Waals surface area contributed by atoms with Crippen LogP contribution in [0.15, 0.2) is 30.3 Å². The third-order valence-electron chi connectivity index (χ3n) is 4.33. The minimum Gasteiger partial charge on any atom is -0.476 e. The van der Waals surface area contributed by atoms with Gasteiger partial charge in [-0.2, -0.15) is 0 Å². The molecular weight excluding hydrogens is 264 g/mol. The summed E-state index contributed by atoms with van der Waals surface area (Å²) in [5, 5.41) is 10.3. The van der Waals surface area contributed by atoms with Crippen molar-refractivity contribution in [2.24, 2.45) is 0 Å². The average Bonchev–Trinajstić information content (AvgIpc) is 3.02. The summed E-state index contributed by atoms with van der Waals surface area (Å²) in [6.45, 7) is 3.86. The number of ether oxygens (including phenoxy) is 1. The van der Waals surface area contributed by atoms with E-state index in [9.17, 15) is 9.90 Å². The van der Waals surface area contributed by atoms with Gasteiger partial charge in [-0.25, -0.2) is 0 Å². The smallest absolute Gasteiger partial charge is 0.198 e. The monoisotopic (exact) mass is 290 g/mol. The first kappa shape index (κ1) is 16.0. The number of Topliss-reactive ketones (excluding diaryl/α,β-unsaturated/α-hetero) is 1. The van der Waals surface area contributed by atoms with Crippen LogP contribution >= 0.6 is 0 Å². The Morgan fingerprint density at radius 1 is 1.19 bits per heavy atom. The zero-order valence-electron chi connectivity index (χ0n) is 13.1. The van der Waals surface area contributed by atoms with Crippen molar-refractivity contribution in [2.45, 2.75) is 70.0 Å². The molecule has 3 heteroatoms. The van der Waals surface area contributed by atoms with Crippen LogP contribution in [-0.4, -0.2) is 22.1 Å². The van der Waals surface area contributed by atoms with E-state index in [1.54, 1.807) is 6.92 Å². The van der Waals surface area contributed by atoms with E-state index in [1.165, 1.54) is 19.3 Å². The average molecular weight is 290 g/mol. The maximum Gasteiger partial charge on any atom is 0.198 e. The molecule has 0 spiro atoms. The zero-order chi connectivity index (χ0) is 15.3. The maximum absolute atomic E-state index is 12.5. The second-order valence-corrected chi connectivity index (χ2v) is 6.28. The van der Waals surface area contributed by atoms with E-state index in [0.717, 1.165) is 12.8 Å². The molecule has 0 heterocycles. The van der Waals surface area contributed by atoms with E-state index < -0.39 is 11.2 Å². The van der Waals surface area contributed by atoms with E-state index >= 15 is 0 Å². The Balaban J connectivity index is 1.91. The lowest BCUT2D eigenvalue weighted by atomic mass is 10.0. The summed E-state index contributed by atoms with van der Waals surface area (Å²) in [7, 11) is 0. The fourth-order valence-electron chi connectivity index (χ4n) is 2.82. The van der Waals surface area contributed by atoms with Crippen molar-refractivity contribution < 1.29 is 14.6 Å². The van der Waals surface area contributed by atoms with Gasteiger partial charge in [0.05, 0.1) is 0 Å². The molecule has 1 aromatic rings. The quantitative estimate of drug-likeness (QED) is 0.702. The number of unbranched alkanes of at least 4 members (excludes halogenated alkanes) is 4. The number of hydrogen-bond acceptors (Lipinski definition) is 3. The number of aliphatic hydroxyl groups is 1. The molecule has 1 aliphatic carbocycles. The van der Waals surface area contributed by atoms with Crippen LogP contribution in [0.5, 0.6) is 5.75 Å². The third-order valence-corrected chi connectivity index (χ3v) is 4.33. The SMILES string of the molecule is CCCCCCCC(=O)C1(Oc2ccccc2)CC1(C)O. The van der Waals surface area contributed by atoms with Crippen molar-refractivity contribution in [1.82, 2.24) is 0 Å². The van der Waals surface area contributed by atoms with Crippen LogP contribution < -0.4 is 4.74 Å². The summed E-state index contributed by atoms with van der Waals surface area (Å²) in [4.78, 5) is 12.5. The summed E-state index contributed by atoms with van der Waals surface area (Å²) in [6, 6.07) is 9.29. The van der Waals surface area contributed by atoms with Gasteiger partial charge in [-0.1, -0.05) is 50.8 Å². The van der Waals surface area contributed by atoms with Crippen LogP contribution in [0.4, 0.5) is 0 Å². The van der Waals surface area contributed by atoms with Gasteiger partial charge in [-0.15, -0.1) is 0 Å². The molecule has 0 aliphatic heterocycles. The fourth-order valence-corrected chi connectivity index (χ4v) is 2.82. The minimum atomic E-state index is -1.04. The molecule has 116 valence electrons. The lowest BCUT2D eigenvalue weighted by Gasteiger charge is -2.20. The summed E-state index contributed by atoms with van der Waals surface area (Å²) in [5.74, 6) is 0.683. The Morgan fingerprint density at radius 3 is 2.38 bits per heavy atom. The molecule has 1 saturated carbocycles. The van der Waals surface area contributed by atoms with Gasteiger partial charge in [-0.05, 0) is 25.5 Å². The van der Waals surface area contributed by atoms with Gasteiger partial charge in [0.25, 0.3) is 0 Å². The van der Waals surface area contributed by atoms with Gasteiger partial charge < -0.3 is 9.84 Å². The van der Waals surface area contributed by atoms with Crippen molar-refractivity contribution in [3.63, 3.8) is 0 Å². The van der Waals surface area contributed by atoms with Crippen LogP contribution in [0, 0.1) is 0 Å². The molecule has 2 rings (SSSR count). The highest BCUT2D eigenvalue weighted by atomic mass is 16.5. The summed E-state index contributed by atoms with van der Waals surface area (Å²) >= 11 is 0. The lowest BCUT2D eigenvalue weighted by Crippen LogP contribution is -2.38. The molecule has 1 N–H and O–H groups in total. The second-order valence-electron chi connectivity index (χ2n) is 6.28. The molecule has 1 aromatic carbocycles. The highest BCUT2D eigenvalue weighted by Gasteiger charge is 2.71. The number of ketones is 1. The van der Waals surface area contributed by atoms with E-state index in [0.29, 0.717) is 18.6 Å². The summed E-state index contributed by atoms with van der Waals surface area (Å²) in [5.41, 5.74) is -2.07. The predicted octanol–water partition coefficient (Wildman–Crippen LogP) is 3.89. The molecule has 0 saturated heterocycles. The lowest BCUT2D eigenvalue weighted by molar-refractivity contribution is -0.131. The molecule has 1 aliphatic rings. The van der Waals surface area contributed by atoms with Crippen molar-refractivity contribution in [2.75, 3.05) is 0 Å². The maximum atomic E-state index is 12.5. The number of rotatable bonds is 9. The highest BCUT2D eigenvalue weighted by Crippen LogP contribution is 2.52. The largest absolute Gasteiger partial charge is 0.476 e. The van der Waals surface area contributed by atoms with Gasteiger partial charge in [-0.3, -0.25) is 4.79 Å². The number of para-hydroxylation sites is 1. The van der Waals surface area contributed by atoms with Crippen molar-refractivity contribution >= 4 is 5.78 Å². The second kappa shape index (κ2) is 6.61. The molecule has 3 nitrogen and oxygen atoms in total. The van der Waals surface area contributed by atoms with E-state index in [1.807, 2.05) is 30.3 Å². The van der Waals surface area contributed by atoms with Crippen LogP contribution in [0.2, 0.25) is 0 Å². The molecule has 1 fully saturated rings. The molecule has 0 amide bonds. The topological polar surface area (TPSA) is 46.5 Å². The van der Waals surface area contributed by atoms with E-state index in [4.69, 9.17) is 4.74 Å². The molecule has 2 unspecified atom stereocenters. The zero-order valence-corrected chi connectivity index (χ0v) is 13.1. The van der Waals surface area contributed by atoms with Gasteiger partial charge in [0, 0.05) is 12.8 Å². The van der Waals surface area contributed by atoms with Crippen LogP contribution in [-0.2, 0) is 4.79 Å². The van der Waals surface area contributed by atoms with Crippen LogP contribution in [0.3, 0.4) is 0 Å². The minimum absolute atomic E-state index is 0.0350. The number of carbonyl (C=O) groups is 1. The Kier molecular flexibility index (Phi) is 5.04. The first-order chi connectivity index (χ1) is 10.0. The Labute approximate surface area is 127 Å². The van der Waals surface area contributed by atoms with Gasteiger partial charge in [0.15, 0.2) is 11.4 Å². The Bertz CT molecular complexity index is 467. The van der Waals surface area contributed by atoms with E-state index in [-0.39, 0.29) is 5.78 Å². The van der Waals surface area contributed by atoms with Crippen molar-refractivity contribution in [3.05, 3.63) is 30.3 Å². The van der Waals surface area contributed by atoms with E-state index in [2.05, 4.69) is 6.92 Å². The first-order valence-corrected chi connectivity index (χ1v) is 8.01. The third kappa shape index (κ3) is 3.65. The van der Waals surface area contributed by atoms with Crippen LogP contribution in [0.25, 0.3) is 0 Å².